The quantitative estimate of drug-likeness (QED) is 0.827. The third kappa shape index (κ3) is 5.38. The molecule has 25 heavy (non-hydrogen) atoms. The van der Waals surface area contributed by atoms with Crippen molar-refractivity contribution in [2.45, 2.75) is 31.5 Å². The van der Waals surface area contributed by atoms with Crippen LogP contribution in [-0.2, 0) is 6.54 Å². The number of nitrogens with zero attached hydrogens (tertiary/aromatic N) is 4. The molecule has 0 bridgehead atoms. The molecule has 0 radical (unpaired) electrons. The number of rotatable bonds is 5. The van der Waals surface area contributed by atoms with Crippen LogP contribution in [0.15, 0.2) is 36.7 Å². The maximum atomic E-state index is 12.1. The predicted molar refractivity (Wildman–Crippen MR) is 85.1 cm³/mol. The van der Waals surface area contributed by atoms with E-state index in [0.717, 1.165) is 25.9 Å². The van der Waals surface area contributed by atoms with Crippen molar-refractivity contribution in [3.63, 3.8) is 0 Å². The van der Waals surface area contributed by atoms with Gasteiger partial charge in [-0.25, -0.2) is 0 Å². The molecule has 1 fully saturated rings. The zero-order chi connectivity index (χ0) is 17.7. The molecule has 0 saturated carbocycles. The van der Waals surface area contributed by atoms with Crippen molar-refractivity contribution in [1.82, 2.24) is 20.1 Å². The number of piperidine rings is 1. The molecular weight excluding hydrogens is 333 g/mol. The third-order valence-electron chi connectivity index (χ3n) is 4.13. The van der Waals surface area contributed by atoms with Gasteiger partial charge in [0.2, 0.25) is 5.88 Å². The van der Waals surface area contributed by atoms with Gasteiger partial charge in [-0.2, -0.15) is 18.3 Å². The van der Waals surface area contributed by atoms with Gasteiger partial charge in [0.05, 0.1) is 5.69 Å². The summed E-state index contributed by atoms with van der Waals surface area (Å²) in [5, 5.41) is 7.69. The van der Waals surface area contributed by atoms with Crippen molar-refractivity contribution < 1.29 is 17.9 Å². The summed E-state index contributed by atoms with van der Waals surface area (Å²) in [7, 11) is 0. The number of halogens is 3. The largest absolute Gasteiger partial charge is 0.467 e. The standard InChI is InChI=1S/C17H19F3N4O/c18-17(19,20)12-25-16-6-5-15(22-23-16)11-24-8-2-4-14(10-24)13-3-1-7-21-9-13/h1,3,5-7,9,14H,2,4,8,10-12H2. The first-order valence-electron chi connectivity index (χ1n) is 8.14. The smallest absolute Gasteiger partial charge is 0.422 e. The van der Waals surface area contributed by atoms with Crippen LogP contribution in [0.2, 0.25) is 0 Å². The topological polar surface area (TPSA) is 51.1 Å². The monoisotopic (exact) mass is 352 g/mol. The molecule has 0 spiro atoms. The lowest BCUT2D eigenvalue weighted by Crippen LogP contribution is -2.34. The van der Waals surface area contributed by atoms with Crippen LogP contribution >= 0.6 is 0 Å². The van der Waals surface area contributed by atoms with E-state index in [-0.39, 0.29) is 5.88 Å². The number of alkyl halides is 3. The molecule has 3 rings (SSSR count). The normalized spacial score (nSPS) is 18.9. The minimum Gasteiger partial charge on any atom is -0.467 e. The highest BCUT2D eigenvalue weighted by Gasteiger charge is 2.28. The summed E-state index contributed by atoms with van der Waals surface area (Å²) >= 11 is 0. The highest BCUT2D eigenvalue weighted by atomic mass is 19.4. The average Bonchev–Trinajstić information content (AvgIpc) is 2.61. The Kier molecular flexibility index (Phi) is 5.47. The van der Waals surface area contributed by atoms with E-state index in [9.17, 15) is 13.2 Å². The minimum absolute atomic E-state index is 0.118. The summed E-state index contributed by atoms with van der Waals surface area (Å²) in [4.78, 5) is 6.46. The molecule has 1 aliphatic heterocycles. The van der Waals surface area contributed by atoms with Crippen molar-refractivity contribution >= 4 is 0 Å². The van der Waals surface area contributed by atoms with E-state index >= 15 is 0 Å². The maximum Gasteiger partial charge on any atom is 0.422 e. The van der Waals surface area contributed by atoms with E-state index in [0.29, 0.717) is 18.2 Å². The van der Waals surface area contributed by atoms with Gasteiger partial charge in [-0.15, -0.1) is 5.10 Å². The molecule has 0 aliphatic carbocycles. The van der Waals surface area contributed by atoms with Crippen molar-refractivity contribution in [3.05, 3.63) is 47.9 Å². The Bertz CT molecular complexity index is 664. The van der Waals surface area contributed by atoms with Crippen LogP contribution in [0.5, 0.6) is 5.88 Å². The summed E-state index contributed by atoms with van der Waals surface area (Å²) in [5.74, 6) is 0.317. The van der Waals surface area contributed by atoms with E-state index < -0.39 is 12.8 Å². The Balaban J connectivity index is 1.55. The van der Waals surface area contributed by atoms with Crippen molar-refractivity contribution in [3.8, 4) is 5.88 Å². The Morgan fingerprint density at radius 2 is 2.08 bits per heavy atom. The first-order valence-corrected chi connectivity index (χ1v) is 8.14. The third-order valence-corrected chi connectivity index (χ3v) is 4.13. The molecule has 0 N–H and O–H groups in total. The lowest BCUT2D eigenvalue weighted by molar-refractivity contribution is -0.154. The lowest BCUT2D eigenvalue weighted by atomic mass is 9.92. The highest BCUT2D eigenvalue weighted by Crippen LogP contribution is 2.27. The fourth-order valence-corrected chi connectivity index (χ4v) is 2.98. The summed E-state index contributed by atoms with van der Waals surface area (Å²) in [5.41, 5.74) is 1.94. The molecule has 0 aromatic carbocycles. The molecule has 8 heteroatoms. The second kappa shape index (κ2) is 7.77. The van der Waals surface area contributed by atoms with Gasteiger partial charge >= 0.3 is 6.18 Å². The Morgan fingerprint density at radius 3 is 2.76 bits per heavy atom. The number of aromatic nitrogens is 3. The van der Waals surface area contributed by atoms with Gasteiger partial charge in [-0.3, -0.25) is 9.88 Å². The van der Waals surface area contributed by atoms with Crippen LogP contribution in [0.3, 0.4) is 0 Å². The van der Waals surface area contributed by atoms with Crippen LogP contribution in [-0.4, -0.2) is 46.0 Å². The first-order chi connectivity index (χ1) is 12.0. The Morgan fingerprint density at radius 1 is 1.20 bits per heavy atom. The molecule has 1 unspecified atom stereocenters. The molecule has 3 heterocycles. The van der Waals surface area contributed by atoms with Gasteiger partial charge < -0.3 is 4.74 Å². The van der Waals surface area contributed by atoms with E-state index in [2.05, 4.69) is 30.9 Å². The summed E-state index contributed by atoms with van der Waals surface area (Å²) in [6, 6.07) is 7.12. The minimum atomic E-state index is -4.38. The average molecular weight is 352 g/mol. The zero-order valence-corrected chi connectivity index (χ0v) is 13.6. The predicted octanol–water partition coefficient (Wildman–Crippen LogP) is 3.19. The van der Waals surface area contributed by atoms with Crippen molar-refractivity contribution in [1.29, 1.82) is 0 Å². The summed E-state index contributed by atoms with van der Waals surface area (Å²) in [6.45, 7) is 1.12. The molecule has 1 aliphatic rings. The molecule has 1 saturated heterocycles. The summed E-state index contributed by atoms with van der Waals surface area (Å²) < 4.78 is 40.9. The van der Waals surface area contributed by atoms with Gasteiger partial charge in [-0.1, -0.05) is 6.07 Å². The number of hydrogen-bond acceptors (Lipinski definition) is 5. The lowest BCUT2D eigenvalue weighted by Gasteiger charge is -2.32. The Labute approximate surface area is 143 Å². The van der Waals surface area contributed by atoms with Gasteiger partial charge in [0.15, 0.2) is 6.61 Å². The van der Waals surface area contributed by atoms with Crippen molar-refractivity contribution in [2.24, 2.45) is 0 Å². The molecule has 1 atom stereocenters. The summed E-state index contributed by atoms with van der Waals surface area (Å²) in [6.07, 6.45) is 1.50. The van der Waals surface area contributed by atoms with Crippen LogP contribution in [0, 0.1) is 0 Å². The second-order valence-electron chi connectivity index (χ2n) is 6.13. The van der Waals surface area contributed by atoms with E-state index in [1.54, 1.807) is 12.3 Å². The van der Waals surface area contributed by atoms with Crippen LogP contribution in [0.4, 0.5) is 13.2 Å². The molecule has 134 valence electrons. The second-order valence-corrected chi connectivity index (χ2v) is 6.13. The number of ether oxygens (including phenoxy) is 1. The molecule has 2 aromatic heterocycles. The van der Waals surface area contributed by atoms with Gasteiger partial charge in [-0.05, 0) is 43.0 Å². The number of hydrogen-bond donors (Lipinski definition) is 0. The van der Waals surface area contributed by atoms with Gasteiger partial charge in [0, 0.05) is 31.5 Å². The first kappa shape index (κ1) is 17.6. The van der Waals surface area contributed by atoms with Crippen LogP contribution in [0.25, 0.3) is 0 Å². The molecule has 0 amide bonds. The van der Waals surface area contributed by atoms with Crippen molar-refractivity contribution in [2.75, 3.05) is 19.7 Å². The number of pyridine rings is 1. The SMILES string of the molecule is FC(F)(F)COc1ccc(CN2CCCC(c3cccnc3)C2)nn1. The Hall–Kier alpha value is -2.22. The number of likely N-dealkylation sites (tertiary alicyclic amines) is 1. The highest BCUT2D eigenvalue weighted by molar-refractivity contribution is 5.16. The molecule has 5 nitrogen and oxygen atoms in total. The molecule has 2 aromatic rings. The van der Waals surface area contributed by atoms with Crippen LogP contribution in [0.1, 0.15) is 30.0 Å². The fraction of sp³-hybridized carbons (Fsp3) is 0.471. The van der Waals surface area contributed by atoms with E-state index in [1.807, 2.05) is 12.3 Å². The maximum absolute atomic E-state index is 12.1. The van der Waals surface area contributed by atoms with E-state index in [4.69, 9.17) is 0 Å². The fourth-order valence-electron chi connectivity index (χ4n) is 2.98. The van der Waals surface area contributed by atoms with E-state index in [1.165, 1.54) is 11.6 Å². The van der Waals surface area contributed by atoms with Gasteiger partial charge in [0.25, 0.3) is 0 Å². The van der Waals surface area contributed by atoms with Gasteiger partial charge in [0.1, 0.15) is 0 Å². The van der Waals surface area contributed by atoms with Crippen LogP contribution < -0.4 is 4.74 Å². The zero-order valence-electron chi connectivity index (χ0n) is 13.6. The molecular formula is C17H19F3N4O.